The molecule has 6 nitrogen and oxygen atoms in total. The third-order valence-electron chi connectivity index (χ3n) is 2.17. The number of hydrogen-bond acceptors (Lipinski definition) is 4. The van der Waals surface area contributed by atoms with Crippen LogP contribution in [0.3, 0.4) is 0 Å². The van der Waals surface area contributed by atoms with Crippen LogP contribution in [0.25, 0.3) is 5.69 Å². The number of aromatic nitrogens is 4. The van der Waals surface area contributed by atoms with E-state index in [0.29, 0.717) is 10.8 Å². The molecule has 0 aliphatic carbocycles. The molecule has 1 N–H and O–H groups in total. The van der Waals surface area contributed by atoms with Crippen LogP contribution >= 0.6 is 23.2 Å². The molecule has 0 radical (unpaired) electrons. The van der Waals surface area contributed by atoms with E-state index in [1.807, 2.05) is 0 Å². The van der Waals surface area contributed by atoms with E-state index in [1.165, 1.54) is 4.68 Å². The molecule has 1 heterocycles. The van der Waals surface area contributed by atoms with Crippen LogP contribution in [0.5, 0.6) is 0 Å². The first-order valence-corrected chi connectivity index (χ1v) is 5.98. The minimum atomic E-state index is -0.276. The maximum Gasteiger partial charge on any atom is 0.235 e. The lowest BCUT2D eigenvalue weighted by molar-refractivity contribution is -0.118. The summed E-state index contributed by atoms with van der Waals surface area (Å²) in [6.07, 6.45) is 0. The molecule has 8 heteroatoms. The molecule has 2 rings (SSSR count). The fraction of sp³-hybridized carbons (Fsp3) is 0.200. The highest BCUT2D eigenvalue weighted by atomic mass is 35.5. The van der Waals surface area contributed by atoms with E-state index in [9.17, 15) is 4.79 Å². The van der Waals surface area contributed by atoms with Crippen molar-refractivity contribution in [1.82, 2.24) is 25.5 Å². The zero-order valence-electron chi connectivity index (χ0n) is 9.18. The van der Waals surface area contributed by atoms with Crippen molar-refractivity contribution in [2.24, 2.45) is 0 Å². The zero-order chi connectivity index (χ0) is 13.0. The molecule has 94 valence electrons. The third kappa shape index (κ3) is 2.96. The van der Waals surface area contributed by atoms with E-state index in [4.69, 9.17) is 23.2 Å². The number of tetrazole rings is 1. The Kier molecular flexibility index (Phi) is 4.11. The minimum Gasteiger partial charge on any atom is -0.348 e. The molecule has 0 saturated heterocycles. The summed E-state index contributed by atoms with van der Waals surface area (Å²) >= 11 is 11.2. The largest absolute Gasteiger partial charge is 0.348 e. The summed E-state index contributed by atoms with van der Waals surface area (Å²) in [5.41, 5.74) is 0.763. The van der Waals surface area contributed by atoms with Crippen LogP contribution in [0.15, 0.2) is 24.3 Å². The Balaban J connectivity index is 2.17. The Labute approximate surface area is 113 Å². The maximum atomic E-state index is 11.1. The highest BCUT2D eigenvalue weighted by Crippen LogP contribution is 2.13. The van der Waals surface area contributed by atoms with Gasteiger partial charge in [-0.1, -0.05) is 11.6 Å². The van der Waals surface area contributed by atoms with E-state index in [-0.39, 0.29) is 18.3 Å². The average Bonchev–Trinajstić information content (AvgIpc) is 2.85. The smallest absolute Gasteiger partial charge is 0.235 e. The van der Waals surface area contributed by atoms with Crippen LogP contribution in [-0.2, 0) is 11.3 Å². The Morgan fingerprint density at radius 2 is 2.06 bits per heavy atom. The standard InChI is InChI=1S/C10H9Cl2N5O/c11-5-10(18)13-6-9-14-15-16-17(9)8-3-1-7(12)2-4-8/h1-4H,5-6H2,(H,13,18). The van der Waals surface area contributed by atoms with Gasteiger partial charge in [0, 0.05) is 5.02 Å². The van der Waals surface area contributed by atoms with Crippen LogP contribution in [-0.4, -0.2) is 32.0 Å². The third-order valence-corrected chi connectivity index (χ3v) is 2.67. The van der Waals surface area contributed by atoms with Crippen molar-refractivity contribution >= 4 is 29.1 Å². The lowest BCUT2D eigenvalue weighted by Gasteiger charge is -2.05. The van der Waals surface area contributed by atoms with Gasteiger partial charge >= 0.3 is 0 Å². The molecule has 0 aliphatic rings. The lowest BCUT2D eigenvalue weighted by Crippen LogP contribution is -2.25. The maximum absolute atomic E-state index is 11.1. The molecule has 2 aromatic rings. The molecule has 0 fully saturated rings. The van der Waals surface area contributed by atoms with E-state index >= 15 is 0 Å². The second-order valence-corrected chi connectivity index (χ2v) is 4.10. The number of halogens is 2. The predicted molar refractivity (Wildman–Crippen MR) is 66.7 cm³/mol. The molecule has 0 spiro atoms. The summed E-state index contributed by atoms with van der Waals surface area (Å²) in [5.74, 6) is 0.140. The second kappa shape index (κ2) is 5.79. The van der Waals surface area contributed by atoms with E-state index in [1.54, 1.807) is 24.3 Å². The van der Waals surface area contributed by atoms with Gasteiger partial charge in [0.05, 0.1) is 12.2 Å². The first kappa shape index (κ1) is 12.8. The van der Waals surface area contributed by atoms with Gasteiger partial charge in [-0.25, -0.2) is 0 Å². The van der Waals surface area contributed by atoms with Gasteiger partial charge in [0.2, 0.25) is 5.91 Å². The van der Waals surface area contributed by atoms with Crippen LogP contribution in [0.2, 0.25) is 5.02 Å². The van der Waals surface area contributed by atoms with Crippen molar-refractivity contribution in [2.45, 2.75) is 6.54 Å². The van der Waals surface area contributed by atoms with Gasteiger partial charge in [0.1, 0.15) is 5.88 Å². The number of carbonyl (C=O) groups excluding carboxylic acids is 1. The molecule has 0 bridgehead atoms. The van der Waals surface area contributed by atoms with Crippen LogP contribution in [0, 0.1) is 0 Å². The van der Waals surface area contributed by atoms with Crippen molar-refractivity contribution in [2.75, 3.05) is 5.88 Å². The van der Waals surface area contributed by atoms with Gasteiger partial charge in [-0.3, -0.25) is 4.79 Å². The Morgan fingerprint density at radius 3 is 2.72 bits per heavy atom. The molecule has 1 aromatic heterocycles. The van der Waals surface area contributed by atoms with Crippen molar-refractivity contribution in [3.05, 3.63) is 35.1 Å². The summed E-state index contributed by atoms with van der Waals surface area (Å²) in [7, 11) is 0. The number of carbonyl (C=O) groups is 1. The predicted octanol–water partition coefficient (Wildman–Crippen LogP) is 1.17. The van der Waals surface area contributed by atoms with E-state index in [0.717, 1.165) is 5.69 Å². The normalized spacial score (nSPS) is 10.3. The molecule has 0 unspecified atom stereocenters. The monoisotopic (exact) mass is 285 g/mol. The molecular formula is C10H9Cl2N5O. The van der Waals surface area contributed by atoms with Crippen molar-refractivity contribution < 1.29 is 4.79 Å². The lowest BCUT2D eigenvalue weighted by atomic mass is 10.3. The molecule has 0 aliphatic heterocycles. The zero-order valence-corrected chi connectivity index (χ0v) is 10.7. The van der Waals surface area contributed by atoms with Crippen LogP contribution in [0.4, 0.5) is 0 Å². The van der Waals surface area contributed by atoms with Crippen LogP contribution < -0.4 is 5.32 Å². The quantitative estimate of drug-likeness (QED) is 0.856. The Hall–Kier alpha value is -1.66. The molecule has 0 atom stereocenters. The SMILES string of the molecule is O=C(CCl)NCc1nnnn1-c1ccc(Cl)cc1. The number of benzene rings is 1. The minimum absolute atomic E-state index is 0.0947. The van der Waals surface area contributed by atoms with Gasteiger partial charge in [0.25, 0.3) is 0 Å². The number of amides is 1. The van der Waals surface area contributed by atoms with Crippen molar-refractivity contribution in [1.29, 1.82) is 0 Å². The number of hydrogen-bond donors (Lipinski definition) is 1. The van der Waals surface area contributed by atoms with Gasteiger partial charge in [-0.05, 0) is 34.7 Å². The second-order valence-electron chi connectivity index (χ2n) is 3.39. The molecule has 1 amide bonds. The first-order chi connectivity index (χ1) is 8.70. The highest BCUT2D eigenvalue weighted by molar-refractivity contribution is 6.30. The number of alkyl halides is 1. The number of nitrogens with one attached hydrogen (secondary N) is 1. The van der Waals surface area contributed by atoms with E-state index < -0.39 is 0 Å². The number of nitrogens with zero attached hydrogens (tertiary/aromatic N) is 4. The van der Waals surface area contributed by atoms with Gasteiger partial charge < -0.3 is 5.32 Å². The van der Waals surface area contributed by atoms with Crippen molar-refractivity contribution in [3.63, 3.8) is 0 Å². The van der Waals surface area contributed by atoms with Crippen molar-refractivity contribution in [3.8, 4) is 5.69 Å². The molecule has 1 aromatic carbocycles. The molecular weight excluding hydrogens is 277 g/mol. The fourth-order valence-electron chi connectivity index (χ4n) is 1.32. The van der Waals surface area contributed by atoms with Crippen LogP contribution in [0.1, 0.15) is 5.82 Å². The summed E-state index contributed by atoms with van der Waals surface area (Å²) in [5, 5.41) is 14.5. The van der Waals surface area contributed by atoms with Gasteiger partial charge in [-0.15, -0.1) is 16.7 Å². The summed E-state index contributed by atoms with van der Waals surface area (Å²) < 4.78 is 1.52. The molecule has 18 heavy (non-hydrogen) atoms. The summed E-state index contributed by atoms with van der Waals surface area (Å²) in [6, 6.07) is 7.04. The average molecular weight is 286 g/mol. The number of rotatable bonds is 4. The van der Waals surface area contributed by atoms with Gasteiger partial charge in [0.15, 0.2) is 5.82 Å². The summed E-state index contributed by atoms with van der Waals surface area (Å²) in [6.45, 7) is 0.210. The Morgan fingerprint density at radius 1 is 1.33 bits per heavy atom. The summed E-state index contributed by atoms with van der Waals surface area (Å²) in [4.78, 5) is 11.1. The fourth-order valence-corrected chi connectivity index (χ4v) is 1.54. The topological polar surface area (TPSA) is 72.7 Å². The highest BCUT2D eigenvalue weighted by Gasteiger charge is 2.09. The Bertz CT molecular complexity index is 539. The van der Waals surface area contributed by atoms with Gasteiger partial charge in [-0.2, -0.15) is 4.68 Å². The molecule has 0 saturated carbocycles. The first-order valence-electron chi connectivity index (χ1n) is 5.06. The van der Waals surface area contributed by atoms with E-state index in [2.05, 4.69) is 20.8 Å².